The van der Waals surface area contributed by atoms with Crippen molar-refractivity contribution in [2.24, 2.45) is 0 Å². The number of benzene rings is 2. The molecular formula is C19H18N2O4S. The van der Waals surface area contributed by atoms with E-state index >= 15 is 0 Å². The van der Waals surface area contributed by atoms with Crippen LogP contribution in [0.1, 0.15) is 12.6 Å². The largest absolute Gasteiger partial charge is 0.444 e. The zero-order valence-corrected chi connectivity index (χ0v) is 15.0. The van der Waals surface area contributed by atoms with Gasteiger partial charge in [0.25, 0.3) is 0 Å². The lowest BCUT2D eigenvalue weighted by Gasteiger charge is -2.06. The summed E-state index contributed by atoms with van der Waals surface area (Å²) >= 11 is 0. The quantitative estimate of drug-likeness (QED) is 0.719. The van der Waals surface area contributed by atoms with E-state index < -0.39 is 9.84 Å². The molecule has 1 aromatic heterocycles. The summed E-state index contributed by atoms with van der Waals surface area (Å²) < 4.78 is 29.0. The third-order valence-electron chi connectivity index (χ3n) is 3.79. The maximum Gasteiger partial charge on any atom is 0.230 e. The standard InChI is InChI=1S/C19H18N2O4S/c1-2-26(23,24)17-10-8-15(9-11-17)20-18(22)12-16-13-25-19(21-16)14-6-4-3-5-7-14/h3-11,13H,2,12H2,1H3,(H,20,22). The van der Waals surface area contributed by atoms with Gasteiger partial charge in [0, 0.05) is 11.3 Å². The molecular weight excluding hydrogens is 352 g/mol. The first-order valence-corrected chi connectivity index (χ1v) is 9.75. The normalized spacial score (nSPS) is 11.3. The van der Waals surface area contributed by atoms with Gasteiger partial charge in [0.1, 0.15) is 6.26 Å². The van der Waals surface area contributed by atoms with Gasteiger partial charge in [0.2, 0.25) is 11.8 Å². The molecule has 0 aliphatic heterocycles. The Morgan fingerprint density at radius 2 is 1.77 bits per heavy atom. The van der Waals surface area contributed by atoms with Gasteiger partial charge in [-0.1, -0.05) is 25.1 Å². The molecule has 0 spiro atoms. The van der Waals surface area contributed by atoms with Crippen LogP contribution in [-0.2, 0) is 21.1 Å². The first-order chi connectivity index (χ1) is 12.5. The molecule has 0 unspecified atom stereocenters. The van der Waals surface area contributed by atoms with Crippen molar-refractivity contribution in [2.45, 2.75) is 18.2 Å². The molecule has 3 rings (SSSR count). The summed E-state index contributed by atoms with van der Waals surface area (Å²) in [5, 5.41) is 2.72. The van der Waals surface area contributed by atoms with E-state index in [0.29, 0.717) is 17.3 Å². The summed E-state index contributed by atoms with van der Waals surface area (Å²) in [5.74, 6) is 0.237. The molecule has 0 aliphatic rings. The number of carbonyl (C=O) groups is 1. The van der Waals surface area contributed by atoms with Gasteiger partial charge in [0.15, 0.2) is 9.84 Å². The maximum atomic E-state index is 12.2. The number of hydrogen-bond acceptors (Lipinski definition) is 5. The third kappa shape index (κ3) is 4.18. The zero-order chi connectivity index (χ0) is 18.6. The molecule has 0 saturated heterocycles. The highest BCUT2D eigenvalue weighted by atomic mass is 32.2. The van der Waals surface area contributed by atoms with E-state index in [-0.39, 0.29) is 23.0 Å². The lowest BCUT2D eigenvalue weighted by molar-refractivity contribution is -0.115. The monoisotopic (exact) mass is 370 g/mol. The Hall–Kier alpha value is -2.93. The van der Waals surface area contributed by atoms with Gasteiger partial charge >= 0.3 is 0 Å². The fourth-order valence-corrected chi connectivity index (χ4v) is 3.27. The number of rotatable bonds is 6. The van der Waals surface area contributed by atoms with Crippen molar-refractivity contribution >= 4 is 21.4 Å². The molecule has 26 heavy (non-hydrogen) atoms. The Kier molecular flexibility index (Phi) is 5.18. The molecule has 1 N–H and O–H groups in total. The molecule has 134 valence electrons. The second-order valence-electron chi connectivity index (χ2n) is 5.66. The number of hydrogen-bond donors (Lipinski definition) is 1. The van der Waals surface area contributed by atoms with Gasteiger partial charge in [-0.25, -0.2) is 13.4 Å². The molecule has 1 amide bonds. The van der Waals surface area contributed by atoms with Crippen LogP contribution in [0.5, 0.6) is 0 Å². The molecule has 6 nitrogen and oxygen atoms in total. The number of sulfone groups is 1. The van der Waals surface area contributed by atoms with E-state index in [0.717, 1.165) is 5.56 Å². The summed E-state index contributed by atoms with van der Waals surface area (Å²) in [5.41, 5.74) is 1.88. The van der Waals surface area contributed by atoms with Gasteiger partial charge in [0.05, 0.1) is 22.8 Å². The van der Waals surface area contributed by atoms with Gasteiger partial charge in [-0.15, -0.1) is 0 Å². The van der Waals surface area contributed by atoms with Gasteiger partial charge in [-0.2, -0.15) is 0 Å². The SMILES string of the molecule is CCS(=O)(=O)c1ccc(NC(=O)Cc2coc(-c3ccccc3)n2)cc1. The van der Waals surface area contributed by atoms with Crippen LogP contribution >= 0.6 is 0 Å². The van der Waals surface area contributed by atoms with Crippen LogP contribution in [0.2, 0.25) is 0 Å². The van der Waals surface area contributed by atoms with Crippen molar-refractivity contribution in [3.8, 4) is 11.5 Å². The van der Waals surface area contributed by atoms with E-state index in [2.05, 4.69) is 10.3 Å². The highest BCUT2D eigenvalue weighted by molar-refractivity contribution is 7.91. The van der Waals surface area contributed by atoms with Crippen molar-refractivity contribution < 1.29 is 17.6 Å². The Morgan fingerprint density at radius 1 is 1.08 bits per heavy atom. The highest BCUT2D eigenvalue weighted by Crippen LogP contribution is 2.19. The first-order valence-electron chi connectivity index (χ1n) is 8.10. The fourth-order valence-electron chi connectivity index (χ4n) is 2.38. The molecule has 0 radical (unpaired) electrons. The van der Waals surface area contributed by atoms with Crippen molar-refractivity contribution in [2.75, 3.05) is 11.1 Å². The van der Waals surface area contributed by atoms with Crippen molar-refractivity contribution in [1.29, 1.82) is 0 Å². The molecule has 1 heterocycles. The van der Waals surface area contributed by atoms with E-state index in [1.807, 2.05) is 30.3 Å². The minimum Gasteiger partial charge on any atom is -0.444 e. The van der Waals surface area contributed by atoms with Gasteiger partial charge < -0.3 is 9.73 Å². The molecule has 0 atom stereocenters. The summed E-state index contributed by atoms with van der Waals surface area (Å²) in [7, 11) is -3.25. The Balaban J connectivity index is 1.64. The third-order valence-corrected chi connectivity index (χ3v) is 5.54. The topological polar surface area (TPSA) is 89.3 Å². The van der Waals surface area contributed by atoms with E-state index in [1.165, 1.54) is 18.4 Å². The number of carbonyl (C=O) groups excluding carboxylic acids is 1. The minimum absolute atomic E-state index is 0.0363. The van der Waals surface area contributed by atoms with Crippen LogP contribution in [0.25, 0.3) is 11.5 Å². The Labute approximate surface area is 151 Å². The van der Waals surface area contributed by atoms with Crippen LogP contribution < -0.4 is 5.32 Å². The highest BCUT2D eigenvalue weighted by Gasteiger charge is 2.13. The lowest BCUT2D eigenvalue weighted by atomic mass is 10.2. The second-order valence-corrected chi connectivity index (χ2v) is 7.94. The predicted molar refractivity (Wildman–Crippen MR) is 98.4 cm³/mol. The molecule has 0 bridgehead atoms. The average molecular weight is 370 g/mol. The molecule has 3 aromatic rings. The van der Waals surface area contributed by atoms with Gasteiger partial charge in [-0.3, -0.25) is 4.79 Å². The van der Waals surface area contributed by atoms with Crippen LogP contribution in [0.15, 0.2) is 70.2 Å². The number of oxazole rings is 1. The summed E-state index contributed by atoms with van der Waals surface area (Å²) in [6.07, 6.45) is 1.52. The first kappa shape index (κ1) is 17.9. The average Bonchev–Trinajstić information content (AvgIpc) is 3.11. The maximum absolute atomic E-state index is 12.2. The molecule has 0 saturated carbocycles. The number of nitrogens with zero attached hydrogens (tertiary/aromatic N) is 1. The van der Waals surface area contributed by atoms with Crippen LogP contribution in [0.3, 0.4) is 0 Å². The van der Waals surface area contributed by atoms with Crippen molar-refractivity contribution in [3.05, 3.63) is 66.6 Å². The number of amides is 1. The van der Waals surface area contributed by atoms with Gasteiger partial charge in [-0.05, 0) is 36.4 Å². The number of nitrogens with one attached hydrogen (secondary N) is 1. The Bertz CT molecular complexity index is 994. The summed E-state index contributed by atoms with van der Waals surface area (Å²) in [4.78, 5) is 16.7. The Morgan fingerprint density at radius 3 is 2.42 bits per heavy atom. The molecule has 0 aliphatic carbocycles. The summed E-state index contributed by atoms with van der Waals surface area (Å²) in [6, 6.07) is 15.5. The number of anilines is 1. The van der Waals surface area contributed by atoms with E-state index in [4.69, 9.17) is 4.42 Å². The van der Waals surface area contributed by atoms with Crippen LogP contribution in [0.4, 0.5) is 5.69 Å². The van der Waals surface area contributed by atoms with E-state index in [1.54, 1.807) is 19.1 Å². The van der Waals surface area contributed by atoms with Crippen molar-refractivity contribution in [1.82, 2.24) is 4.98 Å². The smallest absolute Gasteiger partial charge is 0.230 e. The number of aromatic nitrogens is 1. The van der Waals surface area contributed by atoms with Crippen LogP contribution in [-0.4, -0.2) is 25.1 Å². The zero-order valence-electron chi connectivity index (χ0n) is 14.2. The second kappa shape index (κ2) is 7.53. The molecule has 0 fully saturated rings. The summed E-state index contributed by atoms with van der Waals surface area (Å²) in [6.45, 7) is 1.59. The van der Waals surface area contributed by atoms with E-state index in [9.17, 15) is 13.2 Å². The lowest BCUT2D eigenvalue weighted by Crippen LogP contribution is -2.14. The predicted octanol–water partition coefficient (Wildman–Crippen LogP) is 3.32. The fraction of sp³-hybridized carbons (Fsp3) is 0.158. The minimum atomic E-state index is -3.25. The van der Waals surface area contributed by atoms with Crippen molar-refractivity contribution in [3.63, 3.8) is 0 Å². The van der Waals surface area contributed by atoms with Crippen LogP contribution in [0, 0.1) is 0 Å². The molecule has 2 aromatic carbocycles. The molecule has 7 heteroatoms.